The number of pyridine rings is 1. The van der Waals surface area contributed by atoms with Gasteiger partial charge in [-0.15, -0.1) is 11.3 Å². The number of thiazole rings is 1. The van der Waals surface area contributed by atoms with Crippen LogP contribution in [-0.4, -0.2) is 34.4 Å². The van der Waals surface area contributed by atoms with E-state index in [1.54, 1.807) is 11.3 Å². The molecule has 2 aromatic rings. The quantitative estimate of drug-likeness (QED) is 0.486. The van der Waals surface area contributed by atoms with E-state index in [1.807, 2.05) is 26.2 Å². The van der Waals surface area contributed by atoms with Crippen molar-refractivity contribution in [2.24, 2.45) is 4.99 Å². The lowest BCUT2D eigenvalue weighted by Crippen LogP contribution is -1.94. The van der Waals surface area contributed by atoms with Crippen molar-refractivity contribution in [3.8, 4) is 0 Å². The zero-order valence-corrected chi connectivity index (χ0v) is 20.4. The molecule has 0 radical (unpaired) electrons. The highest BCUT2D eigenvalue weighted by atomic mass is 32.1. The van der Waals surface area contributed by atoms with Crippen molar-refractivity contribution >= 4 is 17.0 Å². The summed E-state index contributed by atoms with van der Waals surface area (Å²) in [5.74, 6) is 0. The van der Waals surface area contributed by atoms with Gasteiger partial charge in [0.25, 0.3) is 0 Å². The van der Waals surface area contributed by atoms with Crippen molar-refractivity contribution in [3.05, 3.63) is 45.2 Å². The molecule has 1 saturated heterocycles. The van der Waals surface area contributed by atoms with Crippen molar-refractivity contribution in [3.63, 3.8) is 0 Å². The van der Waals surface area contributed by atoms with Gasteiger partial charge in [-0.1, -0.05) is 6.07 Å². The lowest BCUT2D eigenvalue weighted by atomic mass is 10.2. The highest BCUT2D eigenvalue weighted by Gasteiger charge is 2.07. The minimum atomic E-state index is 0.546. The highest BCUT2D eigenvalue weighted by Crippen LogP contribution is 2.11. The van der Waals surface area contributed by atoms with E-state index in [9.17, 15) is 0 Å². The third-order valence-electron chi connectivity index (χ3n) is 4.74. The molecule has 5 heteroatoms. The average molecular weight is 418 g/mol. The summed E-state index contributed by atoms with van der Waals surface area (Å²) in [6.07, 6.45) is 9.35. The van der Waals surface area contributed by atoms with Gasteiger partial charge in [0.05, 0.1) is 11.1 Å². The third-order valence-corrected chi connectivity index (χ3v) is 5.56. The maximum Gasteiger partial charge on any atom is 0.0896 e. The Balaban J connectivity index is 0.000000195. The Hall–Kier alpha value is -1.59. The number of ether oxygens (including phenoxy) is 1. The number of aromatic nitrogens is 2. The van der Waals surface area contributed by atoms with Crippen LogP contribution < -0.4 is 0 Å². The van der Waals surface area contributed by atoms with E-state index in [4.69, 9.17) is 4.74 Å². The molecule has 1 fully saturated rings. The molecule has 0 bridgehead atoms. The van der Waals surface area contributed by atoms with Gasteiger partial charge in [0.2, 0.25) is 0 Å². The molecule has 0 amide bonds. The fourth-order valence-corrected chi connectivity index (χ4v) is 3.59. The molecule has 4 rings (SSSR count). The average Bonchev–Trinajstić information content (AvgIpc) is 3.37. The Morgan fingerprint density at radius 3 is 1.93 bits per heavy atom. The van der Waals surface area contributed by atoms with E-state index in [2.05, 4.69) is 62.6 Å². The summed E-state index contributed by atoms with van der Waals surface area (Å²) in [7, 11) is 0. The molecule has 0 N–H and O–H groups in total. The van der Waals surface area contributed by atoms with Crippen LogP contribution >= 0.6 is 11.3 Å². The van der Waals surface area contributed by atoms with Gasteiger partial charge in [0, 0.05) is 41.3 Å². The van der Waals surface area contributed by atoms with Crippen molar-refractivity contribution in [2.75, 3.05) is 6.61 Å². The SMILES string of the molecule is CC1=NC(C)CC1.CC1CCCO1.Cc1cnc(C)c(C)c1.Cc1cnc(C)s1. The maximum absolute atomic E-state index is 5.15. The van der Waals surface area contributed by atoms with Gasteiger partial charge in [0.15, 0.2) is 0 Å². The van der Waals surface area contributed by atoms with Crippen LogP contribution in [0.3, 0.4) is 0 Å². The number of hydrogen-bond acceptors (Lipinski definition) is 5. The second-order valence-corrected chi connectivity index (χ2v) is 9.42. The summed E-state index contributed by atoms with van der Waals surface area (Å²) < 4.78 is 5.15. The third kappa shape index (κ3) is 11.9. The fourth-order valence-electron chi connectivity index (χ4n) is 2.91. The number of aryl methyl sites for hydroxylation is 5. The maximum atomic E-state index is 5.15. The van der Waals surface area contributed by atoms with E-state index in [0.717, 1.165) is 17.3 Å². The number of rotatable bonds is 0. The van der Waals surface area contributed by atoms with E-state index >= 15 is 0 Å². The summed E-state index contributed by atoms with van der Waals surface area (Å²) >= 11 is 1.73. The molecule has 0 saturated carbocycles. The van der Waals surface area contributed by atoms with Gasteiger partial charge in [-0.25, -0.2) is 4.98 Å². The first-order chi connectivity index (χ1) is 13.7. The summed E-state index contributed by atoms with van der Waals surface area (Å²) in [5, 5.41) is 1.15. The molecule has 2 aliphatic heterocycles. The predicted octanol–water partition coefficient (Wildman–Crippen LogP) is 6.58. The predicted molar refractivity (Wildman–Crippen MR) is 126 cm³/mol. The molecule has 29 heavy (non-hydrogen) atoms. The molecule has 162 valence electrons. The molecule has 2 aromatic heterocycles. The molecule has 4 nitrogen and oxygen atoms in total. The molecule has 0 spiro atoms. The molecule has 4 heterocycles. The van der Waals surface area contributed by atoms with Crippen LogP contribution in [-0.2, 0) is 4.74 Å². The first kappa shape index (κ1) is 25.4. The van der Waals surface area contributed by atoms with Crippen LogP contribution in [0.4, 0.5) is 0 Å². The van der Waals surface area contributed by atoms with E-state index in [-0.39, 0.29) is 0 Å². The van der Waals surface area contributed by atoms with Gasteiger partial charge in [-0.05, 0) is 92.2 Å². The zero-order valence-electron chi connectivity index (χ0n) is 19.6. The van der Waals surface area contributed by atoms with Crippen molar-refractivity contribution < 1.29 is 4.74 Å². The second kappa shape index (κ2) is 13.6. The number of hydrogen-bond donors (Lipinski definition) is 0. The summed E-state index contributed by atoms with van der Waals surface area (Å²) in [6.45, 7) is 17.6. The molecule has 0 aliphatic carbocycles. The zero-order chi connectivity index (χ0) is 21.8. The molecule has 2 unspecified atom stereocenters. The monoisotopic (exact) mass is 417 g/mol. The summed E-state index contributed by atoms with van der Waals surface area (Å²) in [4.78, 5) is 13.8. The van der Waals surface area contributed by atoms with Gasteiger partial charge < -0.3 is 4.74 Å². The molecular formula is C24H39N3OS. The van der Waals surface area contributed by atoms with Crippen molar-refractivity contribution in [1.82, 2.24) is 9.97 Å². The second-order valence-electron chi connectivity index (χ2n) is 7.98. The van der Waals surface area contributed by atoms with Crippen LogP contribution in [0.15, 0.2) is 23.5 Å². The van der Waals surface area contributed by atoms with Crippen LogP contribution in [0.25, 0.3) is 0 Å². The molecule has 0 aromatic carbocycles. The van der Waals surface area contributed by atoms with Gasteiger partial charge in [0.1, 0.15) is 0 Å². The lowest BCUT2D eigenvalue weighted by molar-refractivity contribution is 0.125. The Morgan fingerprint density at radius 2 is 1.69 bits per heavy atom. The Kier molecular flexibility index (Phi) is 11.9. The molecular weight excluding hydrogens is 378 g/mol. The topological polar surface area (TPSA) is 47.4 Å². The molecule has 2 aliphatic rings. The van der Waals surface area contributed by atoms with Crippen LogP contribution in [0.5, 0.6) is 0 Å². The minimum Gasteiger partial charge on any atom is -0.379 e. The van der Waals surface area contributed by atoms with E-state index in [1.165, 1.54) is 47.4 Å². The lowest BCUT2D eigenvalue weighted by Gasteiger charge is -1.97. The highest BCUT2D eigenvalue weighted by molar-refractivity contribution is 7.11. The van der Waals surface area contributed by atoms with Crippen LogP contribution in [0.2, 0.25) is 0 Å². The Bertz CT molecular complexity index is 732. The van der Waals surface area contributed by atoms with Gasteiger partial charge in [-0.3, -0.25) is 9.98 Å². The number of aliphatic imine (C=N–C) groups is 1. The minimum absolute atomic E-state index is 0.546. The van der Waals surface area contributed by atoms with Crippen molar-refractivity contribution in [2.45, 2.75) is 93.2 Å². The molecule has 2 atom stereocenters. The smallest absolute Gasteiger partial charge is 0.0896 e. The Morgan fingerprint density at radius 1 is 0.966 bits per heavy atom. The summed E-state index contributed by atoms with van der Waals surface area (Å²) in [6, 6.07) is 2.75. The van der Waals surface area contributed by atoms with Gasteiger partial charge >= 0.3 is 0 Å². The standard InChI is InChI=1S/C8H11N.C6H11N.C5H7NS.C5H10O/c1-6-4-7(2)8(3)9-5-6;1-5-3-4-6(2)7-5;1-4-3-6-5(2)7-4;1-5-3-2-4-6-5/h4-5H,1-3H3;5H,3-4H2,1-2H3;3H,1-2H3;5H,2-4H2,1H3. The summed E-state index contributed by atoms with van der Waals surface area (Å²) in [5.41, 5.74) is 4.96. The number of nitrogens with zero attached hydrogens (tertiary/aromatic N) is 3. The fraction of sp³-hybridized carbons (Fsp3) is 0.625. The first-order valence-corrected chi connectivity index (χ1v) is 11.4. The van der Waals surface area contributed by atoms with Gasteiger partial charge in [-0.2, -0.15) is 0 Å². The first-order valence-electron chi connectivity index (χ1n) is 10.6. The van der Waals surface area contributed by atoms with E-state index in [0.29, 0.717) is 12.1 Å². The van der Waals surface area contributed by atoms with Crippen LogP contribution in [0, 0.1) is 34.6 Å². The largest absolute Gasteiger partial charge is 0.379 e. The normalized spacial score (nSPS) is 19.8. The Labute approximate surface area is 181 Å². The van der Waals surface area contributed by atoms with E-state index < -0.39 is 0 Å². The van der Waals surface area contributed by atoms with Crippen molar-refractivity contribution in [1.29, 1.82) is 0 Å². The van der Waals surface area contributed by atoms with Crippen LogP contribution in [0.1, 0.15) is 73.2 Å².